The first-order valence-corrected chi connectivity index (χ1v) is 4.24. The monoisotopic (exact) mass is 234 g/mol. The zero-order chi connectivity index (χ0) is 11.6. The van der Waals surface area contributed by atoms with E-state index in [1.165, 1.54) is 14.2 Å². The van der Waals surface area contributed by atoms with Gasteiger partial charge in [-0.15, -0.1) is 0 Å². The van der Waals surface area contributed by atoms with Crippen molar-refractivity contribution in [3.05, 3.63) is 22.5 Å². The molecule has 1 aromatic rings. The number of carboxylic acids is 1. The van der Waals surface area contributed by atoms with Crippen LogP contribution in [0.1, 0.15) is 10.4 Å². The molecular weight excluding hydrogens is 227 g/mol. The van der Waals surface area contributed by atoms with Crippen molar-refractivity contribution in [3.63, 3.8) is 0 Å². The van der Waals surface area contributed by atoms with Crippen molar-refractivity contribution in [3.8, 4) is 11.5 Å². The van der Waals surface area contributed by atoms with Crippen LogP contribution in [-0.2, 0) is 0 Å². The first-order chi connectivity index (χ1) is 7.02. The van der Waals surface area contributed by atoms with Gasteiger partial charge in [0.05, 0.1) is 19.2 Å². The molecule has 0 saturated carbocycles. The second-order valence-corrected chi connectivity index (χ2v) is 2.97. The summed E-state index contributed by atoms with van der Waals surface area (Å²) in [5.74, 6) is -2.37. The van der Waals surface area contributed by atoms with Crippen LogP contribution in [0.3, 0.4) is 0 Å². The maximum absolute atomic E-state index is 13.2. The number of benzene rings is 1. The first kappa shape index (κ1) is 11.6. The zero-order valence-electron chi connectivity index (χ0n) is 8.01. The Morgan fingerprint density at radius 3 is 2.47 bits per heavy atom. The van der Waals surface area contributed by atoms with E-state index in [1.54, 1.807) is 0 Å². The zero-order valence-corrected chi connectivity index (χ0v) is 8.76. The molecule has 0 spiro atoms. The summed E-state index contributed by atoms with van der Waals surface area (Å²) >= 11 is 5.51. The minimum Gasteiger partial charge on any atom is -0.493 e. The van der Waals surface area contributed by atoms with Gasteiger partial charge < -0.3 is 14.6 Å². The summed E-state index contributed by atoms with van der Waals surface area (Å²) in [4.78, 5) is 10.8. The van der Waals surface area contributed by atoms with Crippen molar-refractivity contribution < 1.29 is 23.8 Å². The standard InChI is InChI=1S/C9H8ClFO4/c1-14-5-3-4(11)7(10)6(9(12)13)8(5)15-2/h3H,1-2H3,(H,12,13). The summed E-state index contributed by atoms with van der Waals surface area (Å²) in [6.07, 6.45) is 0. The number of rotatable bonds is 3. The van der Waals surface area contributed by atoms with E-state index in [0.29, 0.717) is 0 Å². The van der Waals surface area contributed by atoms with E-state index in [2.05, 4.69) is 0 Å². The number of hydrogen-bond acceptors (Lipinski definition) is 3. The molecule has 0 amide bonds. The molecule has 1 N–H and O–H groups in total. The quantitative estimate of drug-likeness (QED) is 0.871. The molecule has 0 radical (unpaired) electrons. The Morgan fingerprint density at radius 2 is 2.07 bits per heavy atom. The van der Waals surface area contributed by atoms with E-state index in [4.69, 9.17) is 26.2 Å². The number of aromatic carboxylic acids is 1. The summed E-state index contributed by atoms with van der Waals surface area (Å²) < 4.78 is 22.8. The summed E-state index contributed by atoms with van der Waals surface area (Å²) in [5.41, 5.74) is -0.448. The molecule has 82 valence electrons. The van der Waals surface area contributed by atoms with Crippen LogP contribution in [-0.4, -0.2) is 25.3 Å². The predicted molar refractivity (Wildman–Crippen MR) is 51.5 cm³/mol. The highest BCUT2D eigenvalue weighted by atomic mass is 35.5. The Hall–Kier alpha value is -1.49. The Kier molecular flexibility index (Phi) is 3.36. The fourth-order valence-corrected chi connectivity index (χ4v) is 1.35. The minimum absolute atomic E-state index is 0.0169. The van der Waals surface area contributed by atoms with Crippen molar-refractivity contribution in [1.82, 2.24) is 0 Å². The molecule has 15 heavy (non-hydrogen) atoms. The highest BCUT2D eigenvalue weighted by Gasteiger charge is 2.23. The number of carbonyl (C=O) groups is 1. The third-order valence-electron chi connectivity index (χ3n) is 1.78. The lowest BCUT2D eigenvalue weighted by Gasteiger charge is -2.11. The fraction of sp³-hybridized carbons (Fsp3) is 0.222. The van der Waals surface area contributed by atoms with Gasteiger partial charge in [0, 0.05) is 6.07 Å². The number of hydrogen-bond donors (Lipinski definition) is 1. The third kappa shape index (κ3) is 1.97. The lowest BCUT2D eigenvalue weighted by molar-refractivity contribution is 0.0692. The lowest BCUT2D eigenvalue weighted by Crippen LogP contribution is -2.05. The largest absolute Gasteiger partial charge is 0.493 e. The van der Waals surface area contributed by atoms with Crippen molar-refractivity contribution in [1.29, 1.82) is 0 Å². The molecule has 0 aromatic heterocycles. The molecule has 0 heterocycles. The normalized spacial score (nSPS) is 9.87. The summed E-state index contributed by atoms with van der Waals surface area (Å²) in [5, 5.41) is 8.34. The Labute approximate surface area is 90.2 Å². The molecule has 0 fully saturated rings. The maximum atomic E-state index is 13.2. The van der Waals surface area contributed by atoms with Crippen LogP contribution in [0.2, 0.25) is 5.02 Å². The van der Waals surface area contributed by atoms with Gasteiger partial charge in [-0.05, 0) is 0 Å². The van der Waals surface area contributed by atoms with Crippen LogP contribution in [0.4, 0.5) is 4.39 Å². The molecule has 4 nitrogen and oxygen atoms in total. The van der Waals surface area contributed by atoms with Gasteiger partial charge in [-0.2, -0.15) is 0 Å². The van der Waals surface area contributed by atoms with Crippen molar-refractivity contribution in [2.75, 3.05) is 14.2 Å². The van der Waals surface area contributed by atoms with Gasteiger partial charge in [-0.3, -0.25) is 0 Å². The van der Waals surface area contributed by atoms with Gasteiger partial charge >= 0.3 is 5.97 Å². The van der Waals surface area contributed by atoms with Crippen LogP contribution in [0.25, 0.3) is 0 Å². The smallest absolute Gasteiger partial charge is 0.341 e. The number of halogens is 2. The number of methoxy groups -OCH3 is 2. The topological polar surface area (TPSA) is 55.8 Å². The van der Waals surface area contributed by atoms with Gasteiger partial charge in [-0.25, -0.2) is 9.18 Å². The Bertz CT molecular complexity index is 406. The average Bonchev–Trinajstić information content (AvgIpc) is 2.20. The molecule has 0 saturated heterocycles. The molecule has 0 bridgehead atoms. The van der Waals surface area contributed by atoms with E-state index < -0.39 is 22.4 Å². The van der Waals surface area contributed by atoms with Crippen LogP contribution < -0.4 is 9.47 Å². The molecular formula is C9H8ClFO4. The second kappa shape index (κ2) is 4.35. The predicted octanol–water partition coefficient (Wildman–Crippen LogP) is 2.19. The van der Waals surface area contributed by atoms with E-state index in [-0.39, 0.29) is 11.5 Å². The van der Waals surface area contributed by atoms with Gasteiger partial charge in [0.2, 0.25) is 0 Å². The van der Waals surface area contributed by atoms with Crippen LogP contribution in [0.15, 0.2) is 6.07 Å². The van der Waals surface area contributed by atoms with E-state index in [1.807, 2.05) is 0 Å². The van der Waals surface area contributed by atoms with E-state index in [0.717, 1.165) is 6.07 Å². The van der Waals surface area contributed by atoms with Gasteiger partial charge in [0.25, 0.3) is 0 Å². The molecule has 0 unspecified atom stereocenters. The lowest BCUT2D eigenvalue weighted by atomic mass is 10.1. The maximum Gasteiger partial charge on any atom is 0.341 e. The molecule has 0 aliphatic carbocycles. The van der Waals surface area contributed by atoms with Crippen LogP contribution in [0, 0.1) is 5.82 Å². The fourth-order valence-electron chi connectivity index (χ4n) is 1.13. The number of ether oxygens (including phenoxy) is 2. The van der Waals surface area contributed by atoms with E-state index in [9.17, 15) is 9.18 Å². The third-order valence-corrected chi connectivity index (χ3v) is 2.15. The van der Waals surface area contributed by atoms with Gasteiger partial charge in [-0.1, -0.05) is 11.6 Å². The average molecular weight is 235 g/mol. The molecule has 6 heteroatoms. The van der Waals surface area contributed by atoms with Crippen molar-refractivity contribution >= 4 is 17.6 Å². The highest BCUT2D eigenvalue weighted by molar-refractivity contribution is 6.34. The first-order valence-electron chi connectivity index (χ1n) is 3.86. The SMILES string of the molecule is COc1cc(F)c(Cl)c(C(=O)O)c1OC. The Balaban J connectivity index is 3.56. The minimum atomic E-state index is -1.38. The molecule has 1 rings (SSSR count). The molecule has 0 atom stereocenters. The summed E-state index contributed by atoms with van der Waals surface area (Å²) in [7, 11) is 2.52. The Morgan fingerprint density at radius 1 is 1.47 bits per heavy atom. The molecule has 0 aliphatic heterocycles. The van der Waals surface area contributed by atoms with Crippen LogP contribution >= 0.6 is 11.6 Å². The summed E-state index contributed by atoms with van der Waals surface area (Å²) in [6.45, 7) is 0. The molecule has 1 aromatic carbocycles. The number of carboxylic acid groups (broad SMARTS) is 1. The van der Waals surface area contributed by atoms with E-state index >= 15 is 0 Å². The van der Waals surface area contributed by atoms with Crippen LogP contribution in [0.5, 0.6) is 11.5 Å². The van der Waals surface area contributed by atoms with Gasteiger partial charge in [0.15, 0.2) is 11.5 Å². The summed E-state index contributed by atoms with van der Waals surface area (Å²) in [6, 6.07) is 0.966. The highest BCUT2D eigenvalue weighted by Crippen LogP contribution is 2.37. The second-order valence-electron chi connectivity index (χ2n) is 2.59. The van der Waals surface area contributed by atoms with Crippen molar-refractivity contribution in [2.24, 2.45) is 0 Å². The molecule has 0 aliphatic rings. The van der Waals surface area contributed by atoms with Gasteiger partial charge in [0.1, 0.15) is 11.4 Å². The van der Waals surface area contributed by atoms with Crippen molar-refractivity contribution in [2.45, 2.75) is 0 Å².